The lowest BCUT2D eigenvalue weighted by Crippen LogP contribution is -2.08. The minimum Gasteiger partial charge on any atom is -0.302 e. The van der Waals surface area contributed by atoms with E-state index in [1.54, 1.807) is 6.07 Å². The van der Waals surface area contributed by atoms with Crippen LogP contribution in [0.1, 0.15) is 29.8 Å². The molecule has 90 valence electrons. The van der Waals surface area contributed by atoms with Crippen molar-refractivity contribution in [1.29, 1.82) is 5.26 Å². The second-order valence-corrected chi connectivity index (χ2v) is 4.87. The smallest absolute Gasteiger partial charge is 0.103 e. The molecule has 0 saturated carbocycles. The first kappa shape index (κ1) is 11.3. The highest BCUT2D eigenvalue weighted by molar-refractivity contribution is 6.32. The molecule has 0 saturated heterocycles. The Bertz CT molecular complexity index is 637. The Labute approximate surface area is 111 Å². The summed E-state index contributed by atoms with van der Waals surface area (Å²) in [6.07, 6.45) is 6.24. The number of hydrogen-bond acceptors (Lipinski definition) is 2. The zero-order valence-electron chi connectivity index (χ0n) is 9.86. The van der Waals surface area contributed by atoms with E-state index < -0.39 is 0 Å². The zero-order chi connectivity index (χ0) is 12.5. The molecule has 2 aromatic rings. The highest BCUT2D eigenvalue weighted by atomic mass is 35.5. The van der Waals surface area contributed by atoms with Gasteiger partial charge in [0.1, 0.15) is 6.07 Å². The predicted molar refractivity (Wildman–Crippen MR) is 69.9 cm³/mol. The largest absolute Gasteiger partial charge is 0.302 e. The molecule has 0 radical (unpaired) electrons. The monoisotopic (exact) mass is 257 g/mol. The maximum absolute atomic E-state index is 9.23. The number of hydrogen-bond donors (Lipinski definition) is 0. The predicted octanol–water partition coefficient (Wildman–Crippen LogP) is 3.28. The van der Waals surface area contributed by atoms with Crippen LogP contribution in [0.4, 0.5) is 0 Å². The Kier molecular flexibility index (Phi) is 2.81. The van der Waals surface area contributed by atoms with Gasteiger partial charge in [-0.15, -0.1) is 0 Å². The summed E-state index contributed by atoms with van der Waals surface area (Å²) in [7, 11) is 0. The molecule has 1 heterocycles. The van der Waals surface area contributed by atoms with Crippen molar-refractivity contribution in [3.63, 3.8) is 0 Å². The lowest BCUT2D eigenvalue weighted by molar-refractivity contribution is 0.656. The molecule has 0 aliphatic heterocycles. The molecule has 1 aliphatic carbocycles. The zero-order valence-corrected chi connectivity index (χ0v) is 10.6. The van der Waals surface area contributed by atoms with Gasteiger partial charge in [-0.2, -0.15) is 5.26 Å². The van der Waals surface area contributed by atoms with Crippen LogP contribution in [0.5, 0.6) is 0 Å². The molecule has 0 amide bonds. The summed E-state index contributed by atoms with van der Waals surface area (Å²) < 4.78 is 2.01. The van der Waals surface area contributed by atoms with E-state index >= 15 is 0 Å². The van der Waals surface area contributed by atoms with Gasteiger partial charge in [0.15, 0.2) is 0 Å². The Morgan fingerprint density at radius 2 is 2.11 bits per heavy atom. The first-order valence-corrected chi connectivity index (χ1v) is 6.43. The van der Waals surface area contributed by atoms with E-state index in [0.717, 1.165) is 24.2 Å². The lowest BCUT2D eigenvalue weighted by Gasteiger charge is -2.15. The van der Waals surface area contributed by atoms with Crippen LogP contribution in [0.15, 0.2) is 24.5 Å². The van der Waals surface area contributed by atoms with Crippen LogP contribution < -0.4 is 0 Å². The van der Waals surface area contributed by atoms with Crippen LogP contribution in [0.2, 0.25) is 5.02 Å². The molecular weight excluding hydrogens is 246 g/mol. The highest BCUT2D eigenvalue weighted by Crippen LogP contribution is 2.27. The molecule has 3 rings (SSSR count). The molecule has 3 nitrogen and oxygen atoms in total. The van der Waals surface area contributed by atoms with Gasteiger partial charge >= 0.3 is 0 Å². The lowest BCUT2D eigenvalue weighted by atomic mass is 10.0. The Morgan fingerprint density at radius 1 is 1.28 bits per heavy atom. The molecular formula is C14H12ClN3. The summed E-state index contributed by atoms with van der Waals surface area (Å²) in [5.74, 6) is 0. The van der Waals surface area contributed by atoms with E-state index in [1.165, 1.54) is 18.5 Å². The second kappa shape index (κ2) is 4.47. The molecule has 0 fully saturated rings. The van der Waals surface area contributed by atoms with Crippen LogP contribution >= 0.6 is 11.6 Å². The van der Waals surface area contributed by atoms with Gasteiger partial charge in [0.05, 0.1) is 28.3 Å². The van der Waals surface area contributed by atoms with E-state index in [9.17, 15) is 5.26 Å². The van der Waals surface area contributed by atoms with Crippen molar-refractivity contribution in [3.8, 4) is 11.8 Å². The highest BCUT2D eigenvalue weighted by Gasteiger charge is 2.18. The molecule has 0 bridgehead atoms. The third kappa shape index (κ3) is 1.70. The van der Waals surface area contributed by atoms with E-state index in [0.29, 0.717) is 10.6 Å². The third-order valence-corrected chi connectivity index (χ3v) is 3.71. The second-order valence-electron chi connectivity index (χ2n) is 4.46. The van der Waals surface area contributed by atoms with Crippen molar-refractivity contribution in [1.82, 2.24) is 9.55 Å². The van der Waals surface area contributed by atoms with Crippen molar-refractivity contribution in [2.45, 2.75) is 25.7 Å². The summed E-state index contributed by atoms with van der Waals surface area (Å²) in [6.45, 7) is 0. The van der Waals surface area contributed by atoms with Crippen LogP contribution in [-0.4, -0.2) is 9.55 Å². The summed E-state index contributed by atoms with van der Waals surface area (Å²) in [5, 5.41) is 9.73. The van der Waals surface area contributed by atoms with Crippen LogP contribution in [0.3, 0.4) is 0 Å². The number of nitrogens with zero attached hydrogens (tertiary/aromatic N) is 3. The molecule has 0 atom stereocenters. The Morgan fingerprint density at radius 3 is 2.94 bits per heavy atom. The van der Waals surface area contributed by atoms with Crippen molar-refractivity contribution in [2.24, 2.45) is 0 Å². The maximum Gasteiger partial charge on any atom is 0.103 e. The van der Waals surface area contributed by atoms with Crippen molar-refractivity contribution < 1.29 is 0 Å². The fourth-order valence-electron chi connectivity index (χ4n) is 2.50. The molecule has 4 heteroatoms. The first-order valence-electron chi connectivity index (χ1n) is 6.05. The quantitative estimate of drug-likeness (QED) is 0.787. The minimum atomic E-state index is 0.494. The SMILES string of the molecule is N#Cc1c(Cl)cccc1-n1cnc2c1CCCC2. The van der Waals surface area contributed by atoms with Crippen molar-refractivity contribution in [3.05, 3.63) is 46.5 Å². The number of aromatic nitrogens is 2. The summed E-state index contributed by atoms with van der Waals surface area (Å²) >= 11 is 6.07. The number of fused-ring (bicyclic) bond motifs is 1. The number of aryl methyl sites for hydroxylation is 1. The maximum atomic E-state index is 9.23. The normalized spacial score (nSPS) is 14.0. The fraction of sp³-hybridized carbons (Fsp3) is 0.286. The van der Waals surface area contributed by atoms with Gasteiger partial charge in [-0.3, -0.25) is 0 Å². The van der Waals surface area contributed by atoms with E-state index in [-0.39, 0.29) is 0 Å². The number of rotatable bonds is 1. The van der Waals surface area contributed by atoms with Crippen LogP contribution in [-0.2, 0) is 12.8 Å². The number of halogens is 1. The fourth-order valence-corrected chi connectivity index (χ4v) is 2.71. The number of nitriles is 1. The number of benzene rings is 1. The summed E-state index contributed by atoms with van der Waals surface area (Å²) in [6, 6.07) is 7.71. The number of imidazole rings is 1. The minimum absolute atomic E-state index is 0.494. The van der Waals surface area contributed by atoms with Crippen LogP contribution in [0.25, 0.3) is 5.69 Å². The van der Waals surface area contributed by atoms with Crippen molar-refractivity contribution in [2.75, 3.05) is 0 Å². The molecule has 1 aromatic heterocycles. The van der Waals surface area contributed by atoms with Crippen LogP contribution in [0, 0.1) is 11.3 Å². The van der Waals surface area contributed by atoms with Gasteiger partial charge in [-0.1, -0.05) is 17.7 Å². The standard InChI is InChI=1S/C14H12ClN3/c15-11-4-3-7-13(10(11)8-16)18-9-17-12-5-1-2-6-14(12)18/h3-4,7,9H,1-2,5-6H2. The van der Waals surface area contributed by atoms with Gasteiger partial charge in [-0.25, -0.2) is 4.98 Å². The van der Waals surface area contributed by atoms with Gasteiger partial charge in [-0.05, 0) is 37.8 Å². The van der Waals surface area contributed by atoms with Crippen molar-refractivity contribution >= 4 is 11.6 Å². The van der Waals surface area contributed by atoms with E-state index in [4.69, 9.17) is 11.6 Å². The Hall–Kier alpha value is -1.79. The van der Waals surface area contributed by atoms with Gasteiger partial charge in [0.25, 0.3) is 0 Å². The van der Waals surface area contributed by atoms with Gasteiger partial charge in [0.2, 0.25) is 0 Å². The van der Waals surface area contributed by atoms with E-state index in [2.05, 4.69) is 11.1 Å². The first-order chi connectivity index (χ1) is 8.81. The van der Waals surface area contributed by atoms with Gasteiger partial charge in [0, 0.05) is 5.69 Å². The average molecular weight is 258 g/mol. The molecule has 0 N–H and O–H groups in total. The van der Waals surface area contributed by atoms with E-state index in [1.807, 2.05) is 23.0 Å². The van der Waals surface area contributed by atoms with Gasteiger partial charge < -0.3 is 4.57 Å². The topological polar surface area (TPSA) is 41.6 Å². The molecule has 18 heavy (non-hydrogen) atoms. The third-order valence-electron chi connectivity index (χ3n) is 3.39. The molecule has 0 spiro atoms. The summed E-state index contributed by atoms with van der Waals surface area (Å²) in [4.78, 5) is 4.45. The summed E-state index contributed by atoms with van der Waals surface area (Å²) in [5.41, 5.74) is 3.73. The molecule has 0 unspecified atom stereocenters. The Balaban J connectivity index is 2.19. The molecule has 1 aliphatic rings. The molecule has 1 aromatic carbocycles. The average Bonchev–Trinajstić information content (AvgIpc) is 2.82.